The molecule has 1 aromatic carbocycles. The summed E-state index contributed by atoms with van der Waals surface area (Å²) in [6.45, 7) is 1.81. The quantitative estimate of drug-likeness (QED) is 0.499. The van der Waals surface area contributed by atoms with E-state index in [-0.39, 0.29) is 17.6 Å². The van der Waals surface area contributed by atoms with Crippen LogP contribution in [0.15, 0.2) is 47.8 Å². The molecule has 1 atom stereocenters. The van der Waals surface area contributed by atoms with E-state index in [9.17, 15) is 10.1 Å². The summed E-state index contributed by atoms with van der Waals surface area (Å²) in [6, 6.07) is 14.5. The van der Waals surface area contributed by atoms with E-state index in [1.807, 2.05) is 18.2 Å². The molecule has 3 aromatic rings. The molecule has 1 amide bonds. The Morgan fingerprint density at radius 3 is 2.85 bits per heavy atom. The molecular formula is C20H18N4OS2. The monoisotopic (exact) mass is 394 g/mol. The number of benzene rings is 1. The molecule has 0 radical (unpaired) electrons. The number of aromatic nitrogens is 2. The van der Waals surface area contributed by atoms with Gasteiger partial charge in [0.25, 0.3) is 0 Å². The first-order chi connectivity index (χ1) is 13.1. The Balaban J connectivity index is 1.50. The normalized spacial score (nSPS) is 15.9. The maximum atomic E-state index is 12.4. The molecule has 1 unspecified atom stereocenters. The molecule has 1 N–H and O–H groups in total. The highest BCUT2D eigenvalue weighted by atomic mass is 32.2. The molecule has 7 heteroatoms. The van der Waals surface area contributed by atoms with Gasteiger partial charge in [-0.1, -0.05) is 42.1 Å². The Hall–Kier alpha value is -2.43. The summed E-state index contributed by atoms with van der Waals surface area (Å²) < 4.78 is 0. The van der Waals surface area contributed by atoms with Crippen LogP contribution in [0.4, 0.5) is 0 Å². The van der Waals surface area contributed by atoms with Crippen LogP contribution >= 0.6 is 23.1 Å². The molecule has 0 saturated heterocycles. The minimum Gasteiger partial charge on any atom is -0.337 e. The van der Waals surface area contributed by atoms with Gasteiger partial charge in [-0.2, -0.15) is 5.26 Å². The average Bonchev–Trinajstić information content (AvgIpc) is 3.46. The zero-order chi connectivity index (χ0) is 18.9. The van der Waals surface area contributed by atoms with E-state index in [0.717, 1.165) is 38.5 Å². The first kappa shape index (κ1) is 18.0. The van der Waals surface area contributed by atoms with Gasteiger partial charge in [0, 0.05) is 10.3 Å². The van der Waals surface area contributed by atoms with E-state index in [2.05, 4.69) is 39.6 Å². The molecule has 4 rings (SSSR count). The lowest BCUT2D eigenvalue weighted by Crippen LogP contribution is -2.47. The molecule has 1 aliphatic carbocycles. The van der Waals surface area contributed by atoms with Gasteiger partial charge in [-0.15, -0.1) is 11.3 Å². The van der Waals surface area contributed by atoms with Crippen molar-refractivity contribution < 1.29 is 4.79 Å². The molecule has 0 bridgehead atoms. The third kappa shape index (κ3) is 3.82. The second kappa shape index (κ2) is 7.29. The minimum atomic E-state index is -0.762. The number of nitrogens with one attached hydrogen (secondary N) is 1. The smallest absolute Gasteiger partial charge is 0.231 e. The van der Waals surface area contributed by atoms with E-state index in [1.54, 1.807) is 18.3 Å². The number of nitrogens with zero attached hydrogens (tertiary/aromatic N) is 3. The number of fused-ring (bicyclic) bond motifs is 1. The number of carbonyl (C=O) groups is 1. The summed E-state index contributed by atoms with van der Waals surface area (Å²) in [5.41, 5.74) is 0.380. The Morgan fingerprint density at radius 1 is 1.37 bits per heavy atom. The van der Waals surface area contributed by atoms with Crippen molar-refractivity contribution in [2.75, 3.05) is 5.75 Å². The number of nitriles is 1. The summed E-state index contributed by atoms with van der Waals surface area (Å²) in [6.07, 6.45) is 3.54. The van der Waals surface area contributed by atoms with Gasteiger partial charge < -0.3 is 5.32 Å². The third-order valence-electron chi connectivity index (χ3n) is 4.72. The van der Waals surface area contributed by atoms with Gasteiger partial charge in [0.05, 0.1) is 11.8 Å². The second-order valence-electron chi connectivity index (χ2n) is 6.80. The molecule has 1 saturated carbocycles. The van der Waals surface area contributed by atoms with Gasteiger partial charge in [-0.3, -0.25) is 4.79 Å². The van der Waals surface area contributed by atoms with Crippen LogP contribution in [0.2, 0.25) is 0 Å². The van der Waals surface area contributed by atoms with Gasteiger partial charge in [-0.05, 0) is 37.3 Å². The topological polar surface area (TPSA) is 78.7 Å². The van der Waals surface area contributed by atoms with E-state index in [4.69, 9.17) is 0 Å². The molecule has 27 heavy (non-hydrogen) atoms. The van der Waals surface area contributed by atoms with Crippen LogP contribution in [0.1, 0.15) is 19.8 Å². The standard InChI is InChI=1S/C20H18N4OS2/c1-20(11-21,14-7-8-14)24-17(25)10-26-18-15-9-16(13-5-3-2-4-6-13)27-19(15)23-12-22-18/h2-6,9,12,14H,7-8,10H2,1H3,(H,24,25). The lowest BCUT2D eigenvalue weighted by Gasteiger charge is -2.22. The fourth-order valence-corrected chi connectivity index (χ4v) is 4.88. The summed E-state index contributed by atoms with van der Waals surface area (Å²) in [4.78, 5) is 23.1. The number of hydrogen-bond acceptors (Lipinski definition) is 6. The Morgan fingerprint density at radius 2 is 2.15 bits per heavy atom. The van der Waals surface area contributed by atoms with Crippen LogP contribution in [0.3, 0.4) is 0 Å². The number of thiophene rings is 1. The van der Waals surface area contributed by atoms with Gasteiger partial charge in [0.1, 0.15) is 21.7 Å². The average molecular weight is 395 g/mol. The van der Waals surface area contributed by atoms with E-state index < -0.39 is 5.54 Å². The molecule has 2 heterocycles. The molecule has 5 nitrogen and oxygen atoms in total. The predicted molar refractivity (Wildman–Crippen MR) is 108 cm³/mol. The van der Waals surface area contributed by atoms with Gasteiger partial charge in [-0.25, -0.2) is 9.97 Å². The van der Waals surface area contributed by atoms with Gasteiger partial charge in [0.15, 0.2) is 0 Å². The minimum absolute atomic E-state index is 0.138. The van der Waals surface area contributed by atoms with E-state index >= 15 is 0 Å². The van der Waals surface area contributed by atoms with Crippen molar-refractivity contribution in [2.24, 2.45) is 5.92 Å². The number of carbonyl (C=O) groups excluding carboxylic acids is 1. The summed E-state index contributed by atoms with van der Waals surface area (Å²) in [5.74, 6) is 0.362. The summed E-state index contributed by atoms with van der Waals surface area (Å²) in [7, 11) is 0. The van der Waals surface area contributed by atoms with Crippen LogP contribution in [0, 0.1) is 17.2 Å². The molecule has 2 aromatic heterocycles. The second-order valence-corrected chi connectivity index (χ2v) is 8.79. The fraction of sp³-hybridized carbons (Fsp3) is 0.300. The van der Waals surface area contributed by atoms with Crippen molar-refractivity contribution in [2.45, 2.75) is 30.3 Å². The highest BCUT2D eigenvalue weighted by molar-refractivity contribution is 8.00. The van der Waals surface area contributed by atoms with E-state index in [0.29, 0.717) is 0 Å². The number of rotatable bonds is 6. The van der Waals surface area contributed by atoms with Gasteiger partial charge >= 0.3 is 0 Å². The zero-order valence-electron chi connectivity index (χ0n) is 14.8. The Kier molecular flexibility index (Phi) is 4.85. The molecule has 136 valence electrons. The van der Waals surface area contributed by atoms with Crippen molar-refractivity contribution in [3.05, 3.63) is 42.7 Å². The molecule has 0 aliphatic heterocycles. The van der Waals surface area contributed by atoms with Crippen molar-refractivity contribution in [1.82, 2.24) is 15.3 Å². The van der Waals surface area contributed by atoms with Crippen molar-refractivity contribution >= 4 is 39.2 Å². The largest absolute Gasteiger partial charge is 0.337 e. The zero-order valence-corrected chi connectivity index (χ0v) is 16.4. The summed E-state index contributed by atoms with van der Waals surface area (Å²) in [5, 5.41) is 14.0. The number of thioether (sulfide) groups is 1. The molecule has 1 aliphatic rings. The van der Waals surface area contributed by atoms with Crippen LogP contribution in [0.25, 0.3) is 20.7 Å². The highest BCUT2D eigenvalue weighted by Crippen LogP contribution is 2.39. The van der Waals surface area contributed by atoms with Crippen LogP contribution < -0.4 is 5.32 Å². The lowest BCUT2D eigenvalue weighted by atomic mass is 9.98. The SMILES string of the molecule is CC(C#N)(NC(=O)CSc1ncnc2sc(-c3ccccc3)cc12)C1CC1. The van der Waals surface area contributed by atoms with Gasteiger partial charge in [0.2, 0.25) is 5.91 Å². The lowest BCUT2D eigenvalue weighted by molar-refractivity contribution is -0.119. The molecule has 1 fully saturated rings. The first-order valence-corrected chi connectivity index (χ1v) is 10.5. The van der Waals surface area contributed by atoms with Crippen molar-refractivity contribution in [3.63, 3.8) is 0 Å². The first-order valence-electron chi connectivity index (χ1n) is 8.74. The van der Waals surface area contributed by atoms with Crippen LogP contribution in [-0.2, 0) is 4.79 Å². The third-order valence-corrected chi connectivity index (χ3v) is 6.81. The van der Waals surface area contributed by atoms with Crippen LogP contribution in [0.5, 0.6) is 0 Å². The Labute approximate surface area is 165 Å². The maximum absolute atomic E-state index is 12.4. The number of hydrogen-bond donors (Lipinski definition) is 1. The summed E-state index contributed by atoms with van der Waals surface area (Å²) >= 11 is 3.00. The maximum Gasteiger partial charge on any atom is 0.231 e. The number of amides is 1. The van der Waals surface area contributed by atoms with E-state index in [1.165, 1.54) is 18.1 Å². The Bertz CT molecular complexity index is 1020. The van der Waals surface area contributed by atoms with Crippen molar-refractivity contribution in [3.8, 4) is 16.5 Å². The highest BCUT2D eigenvalue weighted by Gasteiger charge is 2.42. The molecule has 0 spiro atoms. The predicted octanol–water partition coefficient (Wildman–Crippen LogP) is 4.26. The van der Waals surface area contributed by atoms with Crippen LogP contribution in [-0.4, -0.2) is 27.2 Å². The molecular weight excluding hydrogens is 376 g/mol. The fourth-order valence-electron chi connectivity index (χ4n) is 3.04. The van der Waals surface area contributed by atoms with Crippen molar-refractivity contribution in [1.29, 1.82) is 5.26 Å².